The maximum absolute atomic E-state index is 12.8. The highest BCUT2D eigenvalue weighted by Gasteiger charge is 2.37. The molecule has 0 radical (unpaired) electrons. The average molecular weight is 638 g/mol. The molecule has 0 bridgehead atoms. The Balaban J connectivity index is 1.74. The highest BCUT2D eigenvalue weighted by molar-refractivity contribution is 14.1. The first-order chi connectivity index (χ1) is 17.6. The third-order valence-electron chi connectivity index (χ3n) is 4.84. The molecule has 2 aromatic carbocycles. The van der Waals surface area contributed by atoms with Crippen molar-refractivity contribution in [2.24, 2.45) is 0 Å². The van der Waals surface area contributed by atoms with Crippen molar-refractivity contribution in [2.45, 2.75) is 33.8 Å². The van der Waals surface area contributed by atoms with E-state index in [9.17, 15) is 19.2 Å². The van der Waals surface area contributed by atoms with E-state index in [4.69, 9.17) is 14.2 Å². The Bertz CT molecular complexity index is 1230. The molecule has 1 aliphatic heterocycles. The summed E-state index contributed by atoms with van der Waals surface area (Å²) in [6.45, 7) is 6.83. The van der Waals surface area contributed by atoms with Crippen LogP contribution in [0.5, 0.6) is 11.5 Å². The van der Waals surface area contributed by atoms with Crippen LogP contribution in [0.3, 0.4) is 0 Å². The molecule has 3 amide bonds. The smallest absolute Gasteiger partial charge is 0.326 e. The summed E-state index contributed by atoms with van der Waals surface area (Å²) < 4.78 is 17.2. The van der Waals surface area contributed by atoms with E-state index in [1.165, 1.54) is 0 Å². The van der Waals surface area contributed by atoms with Gasteiger partial charge in [0.15, 0.2) is 18.1 Å². The van der Waals surface area contributed by atoms with Crippen LogP contribution < -0.4 is 14.8 Å². The van der Waals surface area contributed by atoms with Gasteiger partial charge in [0.2, 0.25) is 0 Å². The molecule has 9 nitrogen and oxygen atoms in total. The number of carbonyl (C=O) groups is 4. The summed E-state index contributed by atoms with van der Waals surface area (Å²) >= 11 is 2.80. The van der Waals surface area contributed by atoms with Gasteiger partial charge in [-0.1, -0.05) is 17.7 Å². The maximum atomic E-state index is 12.8. The number of thioether (sulfide) groups is 1. The number of aryl methyl sites for hydroxylation is 1. The first kappa shape index (κ1) is 28.5. The van der Waals surface area contributed by atoms with Crippen molar-refractivity contribution in [2.75, 3.05) is 25.1 Å². The van der Waals surface area contributed by atoms with Gasteiger partial charge < -0.3 is 19.5 Å². The zero-order chi connectivity index (χ0) is 27.1. The van der Waals surface area contributed by atoms with Crippen molar-refractivity contribution in [1.29, 1.82) is 0 Å². The van der Waals surface area contributed by atoms with Crippen molar-refractivity contribution in [3.8, 4) is 11.5 Å². The molecule has 1 N–H and O–H groups in total. The largest absolute Gasteiger partial charge is 0.490 e. The monoisotopic (exact) mass is 638 g/mol. The Labute approximate surface area is 233 Å². The quantitative estimate of drug-likeness (QED) is 0.220. The lowest BCUT2D eigenvalue weighted by Crippen LogP contribution is -2.35. The SMILES string of the molecule is CCOc1cc(/C=C2/SC(=O)N(CC(=O)OC(C)C)C2=O)cc(I)c1OCC(=O)Nc1ccc(C)cc1. The first-order valence-corrected chi connectivity index (χ1v) is 13.4. The summed E-state index contributed by atoms with van der Waals surface area (Å²) in [4.78, 5) is 50.4. The van der Waals surface area contributed by atoms with Crippen LogP contribution in [0.25, 0.3) is 6.08 Å². The lowest BCUT2D eigenvalue weighted by molar-refractivity contribution is -0.149. The van der Waals surface area contributed by atoms with Gasteiger partial charge in [-0.3, -0.25) is 24.1 Å². The van der Waals surface area contributed by atoms with E-state index in [1.54, 1.807) is 32.1 Å². The second-order valence-corrected chi connectivity index (χ2v) is 10.4. The minimum atomic E-state index is -0.653. The number of nitrogens with zero attached hydrogens (tertiary/aromatic N) is 1. The third-order valence-corrected chi connectivity index (χ3v) is 6.55. The van der Waals surface area contributed by atoms with Gasteiger partial charge >= 0.3 is 5.97 Å². The normalized spacial score (nSPS) is 14.3. The second kappa shape index (κ2) is 13.0. The molecule has 0 aromatic heterocycles. The van der Waals surface area contributed by atoms with Crippen LogP contribution in [0.4, 0.5) is 10.5 Å². The Morgan fingerprint density at radius 3 is 2.49 bits per heavy atom. The van der Waals surface area contributed by atoms with Crippen LogP contribution in [0, 0.1) is 10.5 Å². The van der Waals surface area contributed by atoms with Gasteiger partial charge in [-0.2, -0.15) is 0 Å². The second-order valence-electron chi connectivity index (χ2n) is 8.27. The number of imide groups is 1. The Hall–Kier alpha value is -3.06. The molecule has 1 saturated heterocycles. The summed E-state index contributed by atoms with van der Waals surface area (Å²) in [6.07, 6.45) is 1.20. The lowest BCUT2D eigenvalue weighted by Gasteiger charge is -2.15. The maximum Gasteiger partial charge on any atom is 0.326 e. The summed E-state index contributed by atoms with van der Waals surface area (Å²) in [5.74, 6) is -0.765. The minimum absolute atomic E-state index is 0.173. The Morgan fingerprint density at radius 1 is 1.14 bits per heavy atom. The van der Waals surface area contributed by atoms with Crippen LogP contribution in [0.15, 0.2) is 41.3 Å². The molecule has 0 atom stereocenters. The number of hydrogen-bond donors (Lipinski definition) is 1. The number of anilines is 1. The van der Waals surface area contributed by atoms with Crippen molar-refractivity contribution < 1.29 is 33.4 Å². The molecule has 2 aromatic rings. The van der Waals surface area contributed by atoms with E-state index in [2.05, 4.69) is 27.9 Å². The molecule has 1 heterocycles. The fraction of sp³-hybridized carbons (Fsp3) is 0.308. The van der Waals surface area contributed by atoms with Crippen LogP contribution in [0.2, 0.25) is 0 Å². The van der Waals surface area contributed by atoms with Crippen LogP contribution >= 0.6 is 34.4 Å². The van der Waals surface area contributed by atoms with Crippen molar-refractivity contribution in [1.82, 2.24) is 4.90 Å². The number of benzene rings is 2. The van der Waals surface area contributed by atoms with Gasteiger partial charge in [0.1, 0.15) is 6.54 Å². The Kier molecular flexibility index (Phi) is 9.98. The molecular weight excluding hydrogens is 611 g/mol. The number of ether oxygens (including phenoxy) is 3. The van der Waals surface area contributed by atoms with Crippen LogP contribution in [-0.4, -0.2) is 53.8 Å². The summed E-state index contributed by atoms with van der Waals surface area (Å²) in [5.41, 5.74) is 2.35. The van der Waals surface area contributed by atoms with Gasteiger partial charge in [0.25, 0.3) is 17.1 Å². The predicted octanol–water partition coefficient (Wildman–Crippen LogP) is 5.00. The first-order valence-electron chi connectivity index (χ1n) is 11.5. The van der Waals surface area contributed by atoms with Gasteiger partial charge in [-0.05, 0) is 98.0 Å². The Morgan fingerprint density at radius 2 is 1.84 bits per heavy atom. The van der Waals surface area contributed by atoms with Gasteiger partial charge in [-0.15, -0.1) is 0 Å². The van der Waals surface area contributed by atoms with E-state index < -0.39 is 23.7 Å². The van der Waals surface area contributed by atoms with Gasteiger partial charge in [0, 0.05) is 5.69 Å². The van der Waals surface area contributed by atoms with Crippen LogP contribution in [0.1, 0.15) is 31.9 Å². The molecule has 0 spiro atoms. The third kappa shape index (κ3) is 7.96. The summed E-state index contributed by atoms with van der Waals surface area (Å²) in [5, 5.41) is 2.24. The number of hydrogen-bond acceptors (Lipinski definition) is 8. The number of carbonyl (C=O) groups excluding carboxylic acids is 4. The molecule has 0 unspecified atom stereocenters. The molecule has 1 aliphatic rings. The number of nitrogens with one attached hydrogen (secondary N) is 1. The fourth-order valence-corrected chi connectivity index (χ4v) is 4.88. The van der Waals surface area contributed by atoms with Crippen molar-refractivity contribution in [3.63, 3.8) is 0 Å². The molecule has 3 rings (SSSR count). The average Bonchev–Trinajstić information content (AvgIpc) is 3.07. The topological polar surface area (TPSA) is 111 Å². The summed E-state index contributed by atoms with van der Waals surface area (Å²) in [6, 6.07) is 10.8. The van der Waals surface area contributed by atoms with E-state index in [0.29, 0.717) is 32.9 Å². The number of esters is 1. The predicted molar refractivity (Wildman–Crippen MR) is 150 cm³/mol. The molecule has 196 valence electrons. The molecule has 37 heavy (non-hydrogen) atoms. The number of halogens is 1. The molecule has 11 heteroatoms. The molecular formula is C26H27IN2O7S. The van der Waals surface area contributed by atoms with Gasteiger partial charge in [0.05, 0.1) is 21.2 Å². The van der Waals surface area contributed by atoms with E-state index >= 15 is 0 Å². The van der Waals surface area contributed by atoms with E-state index in [-0.39, 0.29) is 23.5 Å². The van der Waals surface area contributed by atoms with Crippen molar-refractivity contribution in [3.05, 3.63) is 56.0 Å². The summed E-state index contributed by atoms with van der Waals surface area (Å²) in [7, 11) is 0. The highest BCUT2D eigenvalue weighted by atomic mass is 127. The zero-order valence-electron chi connectivity index (χ0n) is 20.8. The zero-order valence-corrected chi connectivity index (χ0v) is 23.8. The van der Waals surface area contributed by atoms with Crippen molar-refractivity contribution >= 4 is 69.1 Å². The lowest BCUT2D eigenvalue weighted by atomic mass is 10.2. The van der Waals surface area contributed by atoms with Crippen LogP contribution in [-0.2, 0) is 19.1 Å². The van der Waals surface area contributed by atoms with Gasteiger partial charge in [-0.25, -0.2) is 0 Å². The standard InChI is InChI=1S/C26H27IN2O7S/c1-5-34-20-11-17(12-21-25(32)29(26(33)37-21)13-23(31)36-15(2)3)10-19(27)24(20)35-14-22(30)28-18-8-6-16(4)7-9-18/h6-12,15H,5,13-14H2,1-4H3,(H,28,30)/b21-12+. The molecule has 0 saturated carbocycles. The fourth-order valence-electron chi connectivity index (χ4n) is 3.26. The van der Waals surface area contributed by atoms with E-state index in [0.717, 1.165) is 22.2 Å². The minimum Gasteiger partial charge on any atom is -0.490 e. The molecule has 1 fully saturated rings. The highest BCUT2D eigenvalue weighted by Crippen LogP contribution is 2.37. The number of rotatable bonds is 10. The number of amides is 3. The molecule has 0 aliphatic carbocycles. The van der Waals surface area contributed by atoms with E-state index in [1.807, 2.05) is 38.1 Å².